The van der Waals surface area contributed by atoms with E-state index in [1.54, 1.807) is 6.07 Å². The Morgan fingerprint density at radius 3 is 1.20 bits per heavy atom. The minimum absolute atomic E-state index is 0. The predicted molar refractivity (Wildman–Crippen MR) is 269 cm³/mol. The van der Waals surface area contributed by atoms with E-state index in [1.807, 2.05) is 18.2 Å². The number of nitro groups is 6. The first-order valence-electron chi connectivity index (χ1n) is 22.5. The molecule has 0 aliphatic carbocycles. The molecular formula is C45H58N11O19Pd-. The van der Waals surface area contributed by atoms with Gasteiger partial charge in [0, 0.05) is 129 Å². The van der Waals surface area contributed by atoms with Gasteiger partial charge in [0.2, 0.25) is 0 Å². The number of ether oxygens (including phenoxy) is 4. The maximum absolute atomic E-state index is 12.1. The number of anilines is 2. The van der Waals surface area contributed by atoms with E-state index in [0.717, 1.165) is 83.4 Å². The summed E-state index contributed by atoms with van der Waals surface area (Å²) in [6.07, 6.45) is 2.56. The summed E-state index contributed by atoms with van der Waals surface area (Å²) >= 11 is 0. The van der Waals surface area contributed by atoms with E-state index in [2.05, 4.69) is 9.80 Å². The van der Waals surface area contributed by atoms with Gasteiger partial charge in [-0.05, 0) is 48.2 Å². The van der Waals surface area contributed by atoms with Crippen LogP contribution in [0.4, 0.5) is 45.5 Å². The molecule has 0 aromatic heterocycles. The van der Waals surface area contributed by atoms with Crippen molar-refractivity contribution in [3.63, 3.8) is 0 Å². The fourth-order valence-corrected chi connectivity index (χ4v) is 7.10. The van der Waals surface area contributed by atoms with E-state index in [4.69, 9.17) is 35.5 Å². The molecule has 30 nitrogen and oxygen atoms in total. The Morgan fingerprint density at radius 2 is 0.816 bits per heavy atom. The van der Waals surface area contributed by atoms with Crippen LogP contribution in [0.3, 0.4) is 0 Å². The molecule has 0 unspecified atom stereocenters. The van der Waals surface area contributed by atoms with Gasteiger partial charge in [0.1, 0.15) is 0 Å². The number of carbonyl (C=O) groups is 2. The van der Waals surface area contributed by atoms with E-state index in [1.165, 1.54) is 41.5 Å². The Hall–Kier alpha value is -7.76. The Bertz CT molecular complexity index is 2640. The number of nitrogens with two attached hydrogens (primary N) is 2. The van der Waals surface area contributed by atoms with Crippen LogP contribution in [0.25, 0.3) is 0 Å². The standard InChI is InChI=1S/C11H11N3O6.C11H13N3O5.C11H17N3O.C7H4N2O6.C4H8O.CH3.Pd.H2/c15-11(12-3-5-20-6-4-12)8-1-2-9(13(16)17)10(7-8)14(18)19;15-13(16)10-2-1-9(7-11(10)14(17)18)8-12-3-5-19-6-4-12;12-10-2-1-9(7-11(10)13)8-14-3-5-15-6-4-14;10-7(11)4-1-2-5(8(12)13)6(3-4)9(14)15;1-2-4-5-3-1;;;/h1-2,7H,3-6H2;1-2,7H,3-6,8H2;1-2,7H,3-6,8,12-13H2;1-3H,(H,10,11);1-4H2;1H3;;1H/q;;;;;-1;;. The summed E-state index contributed by atoms with van der Waals surface area (Å²) in [4.78, 5) is 87.3. The topological polar surface area (TPSA) is 412 Å². The number of rotatable bonds is 12. The van der Waals surface area contributed by atoms with Gasteiger partial charge in [0.15, 0.2) is 0 Å². The van der Waals surface area contributed by atoms with Crippen LogP contribution in [-0.2, 0) is 52.5 Å². The van der Waals surface area contributed by atoms with Gasteiger partial charge in [-0.1, -0.05) is 12.1 Å². The van der Waals surface area contributed by atoms with E-state index in [0.29, 0.717) is 69.1 Å². The molecule has 4 saturated heterocycles. The monoisotopic (exact) mass is 1160 g/mol. The fraction of sp³-hybridized carbons (Fsp3) is 0.400. The second-order valence-electron chi connectivity index (χ2n) is 16.0. The second kappa shape index (κ2) is 32.5. The van der Waals surface area contributed by atoms with Crippen LogP contribution in [0, 0.1) is 68.1 Å². The van der Waals surface area contributed by atoms with Crippen LogP contribution in [0.5, 0.6) is 0 Å². The van der Waals surface area contributed by atoms with Gasteiger partial charge in [-0.15, -0.1) is 0 Å². The molecule has 4 aromatic rings. The molecule has 31 heteroatoms. The number of nitrogens with zero attached hydrogens (tertiary/aromatic N) is 9. The van der Waals surface area contributed by atoms with Crippen LogP contribution in [0.1, 0.15) is 46.1 Å². The minimum Gasteiger partial charge on any atom is -0.478 e. The summed E-state index contributed by atoms with van der Waals surface area (Å²) in [5, 5.41) is 72.4. The SMILES string of the molecule is C1CCOC1.Nc1ccc(CN2CCOCC2)cc1N.O=C(O)c1ccc([N+](=O)[O-])c([N+](=O)[O-])c1.O=C(c1ccc([N+](=O)[O-])c([N+](=O)[O-])c1)N1CCOCC1.O=[N+]([O-])c1ccc(CN2CCOCC2)cc1[N+](=O)[O-].[CH3-].[HH].[Pd]. The molecule has 4 heterocycles. The first-order chi connectivity index (χ1) is 35.3. The summed E-state index contributed by atoms with van der Waals surface area (Å²) in [6, 6.07) is 15.4. The van der Waals surface area contributed by atoms with Gasteiger partial charge in [-0.2, -0.15) is 0 Å². The van der Waals surface area contributed by atoms with Crippen molar-refractivity contribution in [3.8, 4) is 0 Å². The zero-order valence-electron chi connectivity index (χ0n) is 40.9. The van der Waals surface area contributed by atoms with Crippen molar-refractivity contribution >= 4 is 57.4 Å². The van der Waals surface area contributed by atoms with Crippen molar-refractivity contribution in [1.29, 1.82) is 0 Å². The number of morpholine rings is 3. The zero-order valence-corrected chi connectivity index (χ0v) is 42.5. The van der Waals surface area contributed by atoms with Gasteiger partial charge >= 0.3 is 40.1 Å². The van der Waals surface area contributed by atoms with Crippen LogP contribution in [-0.4, -0.2) is 153 Å². The smallest absolute Gasteiger partial charge is 0.346 e. The molecule has 8 rings (SSSR count). The molecular weight excluding hydrogens is 1100 g/mol. The first kappa shape index (κ1) is 64.4. The molecule has 4 fully saturated rings. The molecule has 76 heavy (non-hydrogen) atoms. The van der Waals surface area contributed by atoms with Crippen LogP contribution in [0.2, 0.25) is 0 Å². The molecule has 4 aliphatic heterocycles. The summed E-state index contributed by atoms with van der Waals surface area (Å²) in [6.45, 7) is 11.5. The number of benzene rings is 4. The maximum Gasteiger partial charge on any atom is 0.346 e. The molecule has 5 N–H and O–H groups in total. The molecule has 0 radical (unpaired) electrons. The quantitative estimate of drug-likeness (QED) is 0.0504. The van der Waals surface area contributed by atoms with Crippen LogP contribution in [0.15, 0.2) is 72.8 Å². The van der Waals surface area contributed by atoms with Gasteiger partial charge in [0.25, 0.3) is 5.91 Å². The van der Waals surface area contributed by atoms with Crippen molar-refractivity contribution in [2.45, 2.75) is 25.9 Å². The van der Waals surface area contributed by atoms with Crippen molar-refractivity contribution in [1.82, 2.24) is 14.7 Å². The molecule has 4 aromatic carbocycles. The van der Waals surface area contributed by atoms with Gasteiger partial charge in [-0.25, -0.2) is 4.79 Å². The summed E-state index contributed by atoms with van der Waals surface area (Å²) in [7, 11) is 0. The molecule has 0 bridgehead atoms. The molecule has 0 spiro atoms. The number of carboxylic acids is 1. The van der Waals surface area contributed by atoms with Gasteiger partial charge < -0.3 is 47.8 Å². The van der Waals surface area contributed by atoms with E-state index < -0.39 is 75.5 Å². The third-order valence-electron chi connectivity index (χ3n) is 11.0. The Labute approximate surface area is 448 Å². The number of hydrogen-bond acceptors (Lipinski definition) is 22. The Balaban J connectivity index is 0.000000494. The number of carbonyl (C=O) groups excluding carboxylic acids is 1. The van der Waals surface area contributed by atoms with E-state index in [-0.39, 0.29) is 40.4 Å². The number of nitro benzene ring substituents is 6. The maximum atomic E-state index is 12.1. The number of aromatic carboxylic acids is 1. The third-order valence-corrected chi connectivity index (χ3v) is 11.0. The summed E-state index contributed by atoms with van der Waals surface area (Å²) in [5.41, 5.74) is 10.5. The molecule has 418 valence electrons. The normalized spacial score (nSPS) is 15.0. The van der Waals surface area contributed by atoms with Gasteiger partial charge in [-0.3, -0.25) is 75.3 Å². The summed E-state index contributed by atoms with van der Waals surface area (Å²) in [5.74, 6) is -1.78. The van der Waals surface area contributed by atoms with Crippen molar-refractivity contribution in [2.75, 3.05) is 104 Å². The zero-order chi connectivity index (χ0) is 54.3. The third kappa shape index (κ3) is 20.5. The second-order valence-corrected chi connectivity index (χ2v) is 16.0. The van der Waals surface area contributed by atoms with Gasteiger partial charge in [0.05, 0.1) is 86.1 Å². The van der Waals surface area contributed by atoms with E-state index in [9.17, 15) is 70.3 Å². The molecule has 1 amide bonds. The fourth-order valence-electron chi connectivity index (χ4n) is 7.10. The Morgan fingerprint density at radius 1 is 0.474 bits per heavy atom. The number of hydrogen-bond donors (Lipinski definition) is 3. The number of amides is 1. The first-order valence-corrected chi connectivity index (χ1v) is 22.5. The number of carboxylic acid groups (broad SMARTS) is 1. The van der Waals surface area contributed by atoms with Crippen molar-refractivity contribution in [2.24, 2.45) is 0 Å². The molecule has 4 aliphatic rings. The molecule has 0 saturated carbocycles. The van der Waals surface area contributed by atoms with Crippen molar-refractivity contribution < 1.29 is 85.0 Å². The average Bonchev–Trinajstić information content (AvgIpc) is 3.99. The van der Waals surface area contributed by atoms with Crippen molar-refractivity contribution in [3.05, 3.63) is 163 Å². The molecule has 0 atom stereocenters. The predicted octanol–water partition coefficient (Wildman–Crippen LogP) is 5.69. The summed E-state index contributed by atoms with van der Waals surface area (Å²) < 4.78 is 20.6. The minimum atomic E-state index is -1.38. The average molecular weight is 1160 g/mol. The van der Waals surface area contributed by atoms with Crippen LogP contribution >= 0.6 is 0 Å². The number of nitrogen functional groups attached to an aromatic ring is 2. The largest absolute Gasteiger partial charge is 0.478 e. The van der Waals surface area contributed by atoms with E-state index >= 15 is 0 Å². The van der Waals surface area contributed by atoms with Crippen LogP contribution < -0.4 is 11.5 Å². The Kier molecular flexibility index (Phi) is 27.5.